The topological polar surface area (TPSA) is 52.9 Å². The Balaban J connectivity index is 1.83. The second-order valence-electron chi connectivity index (χ2n) is 8.11. The summed E-state index contributed by atoms with van der Waals surface area (Å²) < 4.78 is 0. The molecule has 1 atom stereocenters. The second kappa shape index (κ2) is 6.51. The molecule has 0 unspecified atom stereocenters. The van der Waals surface area contributed by atoms with Gasteiger partial charge in [0.15, 0.2) is 5.78 Å². The van der Waals surface area contributed by atoms with Crippen molar-refractivity contribution in [1.29, 1.82) is 5.26 Å². The number of nitrogens with zero attached hydrogens (tertiary/aromatic N) is 1. The minimum atomic E-state index is -0.252. The minimum absolute atomic E-state index is 0.0530. The van der Waals surface area contributed by atoms with Gasteiger partial charge in [-0.05, 0) is 36.5 Å². The number of nitriles is 1. The number of nitrogens with one attached hydrogen (secondary N) is 1. The molecule has 1 aliphatic heterocycles. The van der Waals surface area contributed by atoms with Crippen molar-refractivity contribution in [3.63, 3.8) is 0 Å². The van der Waals surface area contributed by atoms with Crippen molar-refractivity contribution in [2.45, 2.75) is 39.5 Å². The van der Waals surface area contributed by atoms with Gasteiger partial charge in [-0.25, -0.2) is 0 Å². The Kier molecular flexibility index (Phi) is 4.28. The number of ketones is 1. The van der Waals surface area contributed by atoms with Gasteiger partial charge in [-0.3, -0.25) is 4.79 Å². The van der Waals surface area contributed by atoms with Crippen LogP contribution < -0.4 is 5.32 Å². The van der Waals surface area contributed by atoms with E-state index in [0.717, 1.165) is 38.7 Å². The molecule has 4 heteroatoms. The summed E-state index contributed by atoms with van der Waals surface area (Å²) in [7, 11) is 0. The van der Waals surface area contributed by atoms with Crippen LogP contribution in [0.15, 0.2) is 65.0 Å². The maximum absolute atomic E-state index is 13.0. The van der Waals surface area contributed by atoms with Crippen molar-refractivity contribution >= 4 is 17.1 Å². The lowest BCUT2D eigenvalue weighted by atomic mass is 9.70. The fourth-order valence-corrected chi connectivity index (χ4v) is 5.27. The maximum Gasteiger partial charge on any atom is 0.162 e. The van der Waals surface area contributed by atoms with Crippen LogP contribution in [0.3, 0.4) is 0 Å². The van der Waals surface area contributed by atoms with Crippen LogP contribution in [-0.2, 0) is 4.79 Å². The van der Waals surface area contributed by atoms with E-state index >= 15 is 0 Å². The number of thiophene rings is 1. The molecule has 27 heavy (non-hydrogen) atoms. The highest BCUT2D eigenvalue weighted by atomic mass is 32.1. The lowest BCUT2D eigenvalue weighted by Gasteiger charge is -2.38. The SMILES string of the molecule is CC1=C(C#N)[C@H](c2ccc(-c3ccccc3)s2)C2=C(CC(C)(C)CC2=O)N1. The van der Waals surface area contributed by atoms with E-state index in [0.29, 0.717) is 12.0 Å². The monoisotopic (exact) mass is 374 g/mol. The Morgan fingerprint density at radius 2 is 1.89 bits per heavy atom. The molecule has 3 nitrogen and oxygen atoms in total. The number of hydrogen-bond donors (Lipinski definition) is 1. The molecule has 2 aliphatic rings. The summed E-state index contributed by atoms with van der Waals surface area (Å²) in [6.07, 6.45) is 1.36. The van der Waals surface area contributed by atoms with Crippen molar-refractivity contribution < 1.29 is 4.79 Å². The molecule has 0 amide bonds. The molecule has 2 heterocycles. The third-order valence-corrected chi connectivity index (χ3v) is 6.53. The predicted octanol–water partition coefficient (Wildman–Crippen LogP) is 5.54. The highest BCUT2D eigenvalue weighted by Crippen LogP contribution is 2.48. The van der Waals surface area contributed by atoms with E-state index in [9.17, 15) is 10.1 Å². The fourth-order valence-electron chi connectivity index (χ4n) is 4.13. The van der Waals surface area contributed by atoms with Gasteiger partial charge in [-0.1, -0.05) is 44.2 Å². The summed E-state index contributed by atoms with van der Waals surface area (Å²) >= 11 is 1.67. The molecule has 0 fully saturated rings. The number of allylic oxidation sites excluding steroid dienone is 4. The van der Waals surface area contributed by atoms with Gasteiger partial charge in [0.25, 0.3) is 0 Å². The molecule has 0 bridgehead atoms. The van der Waals surface area contributed by atoms with Gasteiger partial charge in [0.1, 0.15) is 0 Å². The van der Waals surface area contributed by atoms with Gasteiger partial charge in [-0.15, -0.1) is 11.3 Å². The third kappa shape index (κ3) is 3.13. The largest absolute Gasteiger partial charge is 0.361 e. The van der Waals surface area contributed by atoms with Crippen LogP contribution in [0.25, 0.3) is 10.4 Å². The quantitative estimate of drug-likeness (QED) is 0.750. The van der Waals surface area contributed by atoms with Gasteiger partial charge < -0.3 is 5.32 Å². The molecule has 1 aliphatic carbocycles. The van der Waals surface area contributed by atoms with Crippen molar-refractivity contribution in [3.8, 4) is 16.5 Å². The number of benzene rings is 1. The van der Waals surface area contributed by atoms with Gasteiger partial charge in [-0.2, -0.15) is 5.26 Å². The average Bonchev–Trinajstić information content (AvgIpc) is 3.10. The number of carbonyl (C=O) groups excluding carboxylic acids is 1. The predicted molar refractivity (Wildman–Crippen MR) is 109 cm³/mol. The van der Waals surface area contributed by atoms with E-state index in [2.05, 4.69) is 49.5 Å². The zero-order valence-corrected chi connectivity index (χ0v) is 16.6. The van der Waals surface area contributed by atoms with Crippen molar-refractivity contribution in [2.75, 3.05) is 0 Å². The average molecular weight is 375 g/mol. The molecule has 0 saturated heterocycles. The van der Waals surface area contributed by atoms with Gasteiger partial charge in [0.05, 0.1) is 17.6 Å². The molecule has 0 radical (unpaired) electrons. The van der Waals surface area contributed by atoms with E-state index in [-0.39, 0.29) is 17.1 Å². The van der Waals surface area contributed by atoms with Crippen molar-refractivity contribution in [3.05, 3.63) is 69.9 Å². The molecule has 136 valence electrons. The molecule has 0 spiro atoms. The molecular weight excluding hydrogens is 352 g/mol. The summed E-state index contributed by atoms with van der Waals surface area (Å²) in [6, 6.07) is 16.8. The van der Waals surface area contributed by atoms with Gasteiger partial charge in [0.2, 0.25) is 0 Å². The molecule has 1 aromatic heterocycles. The normalized spacial score (nSPS) is 21.6. The number of hydrogen-bond acceptors (Lipinski definition) is 4. The number of rotatable bonds is 2. The Morgan fingerprint density at radius 3 is 2.59 bits per heavy atom. The second-order valence-corrected chi connectivity index (χ2v) is 9.23. The number of carbonyl (C=O) groups is 1. The van der Waals surface area contributed by atoms with E-state index in [1.165, 1.54) is 0 Å². The Bertz CT molecular complexity index is 1020. The highest BCUT2D eigenvalue weighted by molar-refractivity contribution is 7.15. The summed E-state index contributed by atoms with van der Waals surface area (Å²) in [6.45, 7) is 6.19. The van der Waals surface area contributed by atoms with E-state index in [1.807, 2.05) is 25.1 Å². The van der Waals surface area contributed by atoms with Crippen LogP contribution in [0.1, 0.15) is 44.4 Å². The number of dihydropyridines is 1. The van der Waals surface area contributed by atoms with Crippen molar-refractivity contribution in [1.82, 2.24) is 5.32 Å². The highest BCUT2D eigenvalue weighted by Gasteiger charge is 2.41. The van der Waals surface area contributed by atoms with Crippen LogP contribution >= 0.6 is 11.3 Å². The zero-order valence-electron chi connectivity index (χ0n) is 15.8. The maximum atomic E-state index is 13.0. The minimum Gasteiger partial charge on any atom is -0.361 e. The van der Waals surface area contributed by atoms with Crippen LogP contribution in [0, 0.1) is 16.7 Å². The summed E-state index contributed by atoms with van der Waals surface area (Å²) in [5.74, 6) is -0.0917. The Hall–Kier alpha value is -2.64. The van der Waals surface area contributed by atoms with Crippen LogP contribution in [0.5, 0.6) is 0 Å². The first-order valence-corrected chi connectivity index (χ1v) is 10.0. The summed E-state index contributed by atoms with van der Waals surface area (Å²) in [4.78, 5) is 15.3. The molecule has 0 saturated carbocycles. The van der Waals surface area contributed by atoms with E-state index in [1.54, 1.807) is 11.3 Å². The first-order valence-electron chi connectivity index (χ1n) is 9.19. The third-order valence-electron chi connectivity index (χ3n) is 5.33. The standard InChI is InChI=1S/C23H22N2OS/c1-14-16(13-24)21(22-17(25-14)11-23(2,3)12-18(22)26)20-10-9-19(27-20)15-7-5-4-6-8-15/h4-10,21,25H,11-12H2,1-3H3/t21-/m1/s1. The lowest BCUT2D eigenvalue weighted by Crippen LogP contribution is -2.36. The fraction of sp³-hybridized carbons (Fsp3) is 0.304. The lowest BCUT2D eigenvalue weighted by molar-refractivity contribution is -0.118. The first-order chi connectivity index (χ1) is 12.9. The smallest absolute Gasteiger partial charge is 0.162 e. The molecule has 1 aromatic carbocycles. The summed E-state index contributed by atoms with van der Waals surface area (Å²) in [5, 5.41) is 13.2. The van der Waals surface area contributed by atoms with Gasteiger partial charge in [0, 0.05) is 33.1 Å². The molecule has 4 rings (SSSR count). The molecule has 1 N–H and O–H groups in total. The number of Topliss-reactive ketones (excluding diaryl/α,β-unsaturated/α-hetero) is 1. The van der Waals surface area contributed by atoms with Gasteiger partial charge >= 0.3 is 0 Å². The molecular formula is C23H22N2OS. The van der Waals surface area contributed by atoms with Crippen LogP contribution in [0.2, 0.25) is 0 Å². The summed E-state index contributed by atoms with van der Waals surface area (Å²) in [5.41, 5.74) is 4.41. The Morgan fingerprint density at radius 1 is 1.15 bits per heavy atom. The Labute approximate surface area is 164 Å². The molecule has 2 aromatic rings. The van der Waals surface area contributed by atoms with Crippen LogP contribution in [0.4, 0.5) is 0 Å². The van der Waals surface area contributed by atoms with E-state index < -0.39 is 0 Å². The zero-order chi connectivity index (χ0) is 19.2. The van der Waals surface area contributed by atoms with E-state index in [4.69, 9.17) is 0 Å². The van der Waals surface area contributed by atoms with Crippen molar-refractivity contribution in [2.24, 2.45) is 5.41 Å². The first kappa shape index (κ1) is 17.8. The van der Waals surface area contributed by atoms with Crippen LogP contribution in [-0.4, -0.2) is 5.78 Å².